The molecular weight excluding hydrogens is 276 g/mol. The van der Waals surface area contributed by atoms with Gasteiger partial charge in [0.25, 0.3) is 0 Å². The highest BCUT2D eigenvalue weighted by Crippen LogP contribution is 2.25. The van der Waals surface area contributed by atoms with Crippen molar-refractivity contribution in [2.75, 3.05) is 25.2 Å². The van der Waals surface area contributed by atoms with E-state index < -0.39 is 18.0 Å². The van der Waals surface area contributed by atoms with Crippen molar-refractivity contribution < 1.29 is 24.2 Å². The van der Waals surface area contributed by atoms with E-state index in [1.54, 1.807) is 31.1 Å². The number of hydrogen-bond acceptors (Lipinski definition) is 6. The highest BCUT2D eigenvalue weighted by Gasteiger charge is 2.37. The van der Waals surface area contributed by atoms with E-state index in [9.17, 15) is 14.7 Å². The molecule has 1 aliphatic rings. The standard InChI is InChI=1S/C14H18N2O5/c1-3-21-14(19)9-4-5-12(15-7-9)16-8-10(20-2)6-11(16)13(17)18/h4-5,7,10-11H,3,6,8H2,1-2H3,(H,17,18). The van der Waals surface area contributed by atoms with Gasteiger partial charge in [0.2, 0.25) is 0 Å². The van der Waals surface area contributed by atoms with Crippen LogP contribution in [0.2, 0.25) is 0 Å². The second-order valence-corrected chi connectivity index (χ2v) is 4.73. The number of esters is 1. The van der Waals surface area contributed by atoms with E-state index >= 15 is 0 Å². The molecule has 21 heavy (non-hydrogen) atoms. The molecule has 1 N–H and O–H groups in total. The summed E-state index contributed by atoms with van der Waals surface area (Å²) in [6.07, 6.45) is 1.66. The maximum Gasteiger partial charge on any atom is 0.339 e. The van der Waals surface area contributed by atoms with Gasteiger partial charge in [0, 0.05) is 26.3 Å². The summed E-state index contributed by atoms with van der Waals surface area (Å²) < 4.78 is 10.1. The van der Waals surface area contributed by atoms with Crippen molar-refractivity contribution in [3.05, 3.63) is 23.9 Å². The van der Waals surface area contributed by atoms with Crippen molar-refractivity contribution in [1.82, 2.24) is 4.98 Å². The fraction of sp³-hybridized carbons (Fsp3) is 0.500. The smallest absolute Gasteiger partial charge is 0.339 e. The molecule has 0 spiro atoms. The summed E-state index contributed by atoms with van der Waals surface area (Å²) in [7, 11) is 1.56. The lowest BCUT2D eigenvalue weighted by Crippen LogP contribution is -2.36. The predicted octanol–water partition coefficient (Wildman–Crippen LogP) is 0.937. The lowest BCUT2D eigenvalue weighted by atomic mass is 10.2. The summed E-state index contributed by atoms with van der Waals surface area (Å²) in [5.74, 6) is -0.844. The minimum Gasteiger partial charge on any atom is -0.480 e. The van der Waals surface area contributed by atoms with Crippen LogP contribution in [0.1, 0.15) is 23.7 Å². The summed E-state index contributed by atoms with van der Waals surface area (Å²) in [6, 6.07) is 2.54. The Balaban J connectivity index is 2.17. The number of rotatable bonds is 5. The van der Waals surface area contributed by atoms with Gasteiger partial charge in [0.15, 0.2) is 0 Å². The lowest BCUT2D eigenvalue weighted by molar-refractivity contribution is -0.138. The number of hydrogen-bond donors (Lipinski definition) is 1. The van der Waals surface area contributed by atoms with E-state index in [1.807, 2.05) is 0 Å². The van der Waals surface area contributed by atoms with Crippen molar-refractivity contribution in [2.45, 2.75) is 25.5 Å². The molecule has 2 heterocycles. The molecule has 1 fully saturated rings. The topological polar surface area (TPSA) is 89.0 Å². The number of pyridine rings is 1. The van der Waals surface area contributed by atoms with Crippen LogP contribution in [-0.2, 0) is 14.3 Å². The molecule has 0 saturated carbocycles. The number of methoxy groups -OCH3 is 1. The summed E-state index contributed by atoms with van der Waals surface area (Å²) in [5.41, 5.74) is 0.343. The van der Waals surface area contributed by atoms with Crippen LogP contribution in [0.5, 0.6) is 0 Å². The maximum atomic E-state index is 11.6. The van der Waals surface area contributed by atoms with Crippen molar-refractivity contribution >= 4 is 17.8 Å². The number of carbonyl (C=O) groups excluding carboxylic acids is 1. The first-order valence-electron chi connectivity index (χ1n) is 6.72. The molecule has 2 atom stereocenters. The van der Waals surface area contributed by atoms with Crippen LogP contribution in [0.3, 0.4) is 0 Å². The number of carbonyl (C=O) groups is 2. The Morgan fingerprint density at radius 3 is 2.76 bits per heavy atom. The number of anilines is 1. The molecule has 1 aliphatic heterocycles. The van der Waals surface area contributed by atoms with Crippen LogP contribution < -0.4 is 4.90 Å². The average molecular weight is 294 g/mol. The van der Waals surface area contributed by atoms with Crippen molar-refractivity contribution in [3.63, 3.8) is 0 Å². The number of carboxylic acid groups (broad SMARTS) is 1. The van der Waals surface area contributed by atoms with E-state index in [1.165, 1.54) is 6.20 Å². The first-order chi connectivity index (χ1) is 10.1. The second kappa shape index (κ2) is 6.53. The number of aliphatic carboxylic acids is 1. The van der Waals surface area contributed by atoms with E-state index in [0.717, 1.165) is 0 Å². The second-order valence-electron chi connectivity index (χ2n) is 4.73. The van der Waals surface area contributed by atoms with Crippen molar-refractivity contribution in [3.8, 4) is 0 Å². The van der Waals surface area contributed by atoms with Crippen LogP contribution in [0.4, 0.5) is 5.82 Å². The Morgan fingerprint density at radius 1 is 1.48 bits per heavy atom. The van der Waals surface area contributed by atoms with Crippen molar-refractivity contribution in [1.29, 1.82) is 0 Å². The Hall–Kier alpha value is -2.15. The summed E-state index contributed by atoms with van der Waals surface area (Å²) >= 11 is 0. The number of nitrogens with zero attached hydrogens (tertiary/aromatic N) is 2. The van der Waals surface area contributed by atoms with Gasteiger partial charge in [0.05, 0.1) is 18.3 Å². The van der Waals surface area contributed by atoms with Crippen molar-refractivity contribution in [2.24, 2.45) is 0 Å². The zero-order valence-corrected chi connectivity index (χ0v) is 12.0. The van der Waals surface area contributed by atoms with Gasteiger partial charge in [-0.15, -0.1) is 0 Å². The van der Waals surface area contributed by atoms with Gasteiger partial charge in [-0.3, -0.25) is 0 Å². The zero-order chi connectivity index (χ0) is 15.4. The van der Waals surface area contributed by atoms with E-state index in [4.69, 9.17) is 9.47 Å². The third kappa shape index (κ3) is 3.30. The van der Waals surface area contributed by atoms with Gasteiger partial charge in [-0.2, -0.15) is 0 Å². The van der Waals surface area contributed by atoms with Crippen LogP contribution in [0.15, 0.2) is 18.3 Å². The lowest BCUT2D eigenvalue weighted by Gasteiger charge is -2.22. The molecule has 7 nitrogen and oxygen atoms in total. The molecule has 114 valence electrons. The summed E-state index contributed by atoms with van der Waals surface area (Å²) in [4.78, 5) is 28.7. The quantitative estimate of drug-likeness (QED) is 0.808. The molecule has 0 amide bonds. The third-order valence-corrected chi connectivity index (χ3v) is 3.43. The Bertz CT molecular complexity index is 517. The van der Waals surface area contributed by atoms with Crippen LogP contribution in [0, 0.1) is 0 Å². The van der Waals surface area contributed by atoms with E-state index in [0.29, 0.717) is 31.0 Å². The molecule has 2 rings (SSSR count). The maximum absolute atomic E-state index is 11.6. The molecule has 1 aromatic heterocycles. The van der Waals surface area contributed by atoms with Crippen LogP contribution in [-0.4, -0.2) is 54.4 Å². The monoisotopic (exact) mass is 294 g/mol. The van der Waals surface area contributed by atoms with Gasteiger partial charge in [-0.1, -0.05) is 0 Å². The van der Waals surface area contributed by atoms with Crippen LogP contribution in [0.25, 0.3) is 0 Å². The van der Waals surface area contributed by atoms with Gasteiger partial charge in [0.1, 0.15) is 11.9 Å². The molecule has 7 heteroatoms. The fourth-order valence-electron chi connectivity index (χ4n) is 2.35. The molecule has 0 bridgehead atoms. The highest BCUT2D eigenvalue weighted by molar-refractivity contribution is 5.89. The molecule has 0 aromatic carbocycles. The predicted molar refractivity (Wildman–Crippen MR) is 74.4 cm³/mol. The largest absolute Gasteiger partial charge is 0.480 e. The minimum atomic E-state index is -0.911. The Morgan fingerprint density at radius 2 is 2.24 bits per heavy atom. The highest BCUT2D eigenvalue weighted by atomic mass is 16.5. The molecule has 1 aromatic rings. The minimum absolute atomic E-state index is 0.141. The first-order valence-corrected chi connectivity index (χ1v) is 6.72. The van der Waals surface area contributed by atoms with Gasteiger partial charge in [-0.25, -0.2) is 14.6 Å². The Kier molecular flexibility index (Phi) is 4.74. The zero-order valence-electron chi connectivity index (χ0n) is 12.0. The van der Waals surface area contributed by atoms with Crippen LogP contribution >= 0.6 is 0 Å². The SMILES string of the molecule is CCOC(=O)c1ccc(N2CC(OC)CC2C(=O)O)nc1. The fourth-order valence-corrected chi connectivity index (χ4v) is 2.35. The van der Waals surface area contributed by atoms with E-state index in [-0.39, 0.29) is 6.10 Å². The third-order valence-electron chi connectivity index (χ3n) is 3.43. The molecule has 2 unspecified atom stereocenters. The number of aromatic nitrogens is 1. The Labute approximate surface area is 122 Å². The number of ether oxygens (including phenoxy) is 2. The van der Waals surface area contributed by atoms with E-state index in [2.05, 4.69) is 4.98 Å². The van der Waals surface area contributed by atoms with Gasteiger partial charge >= 0.3 is 11.9 Å². The molecule has 1 saturated heterocycles. The number of carboxylic acids is 1. The first kappa shape index (κ1) is 15.2. The molecule has 0 radical (unpaired) electrons. The molecule has 0 aliphatic carbocycles. The summed E-state index contributed by atoms with van der Waals surface area (Å²) in [6.45, 7) is 2.48. The average Bonchev–Trinajstić information content (AvgIpc) is 2.92. The van der Waals surface area contributed by atoms with Gasteiger partial charge in [-0.05, 0) is 19.1 Å². The summed E-state index contributed by atoms with van der Waals surface area (Å²) in [5, 5.41) is 9.27. The van der Waals surface area contributed by atoms with Gasteiger partial charge < -0.3 is 19.5 Å². The normalized spacial score (nSPS) is 21.3. The molecular formula is C14H18N2O5.